The fourth-order valence-corrected chi connectivity index (χ4v) is 2.33. The molecule has 0 amide bonds. The third-order valence-corrected chi connectivity index (χ3v) is 3.32. The van der Waals surface area contributed by atoms with Crippen LogP contribution in [-0.2, 0) is 0 Å². The summed E-state index contributed by atoms with van der Waals surface area (Å²) in [6.07, 6.45) is 3.94. The summed E-state index contributed by atoms with van der Waals surface area (Å²) in [4.78, 5) is 0. The molecule has 3 aromatic rings. The Bertz CT molecular complexity index is 846. The first kappa shape index (κ1) is 12.5. The van der Waals surface area contributed by atoms with Crippen molar-refractivity contribution >= 4 is 27.5 Å². The average Bonchev–Trinajstić information content (AvgIpc) is 2.83. The SMILES string of the molecule is C=C(C)C=CC(=C)c1cccc2c1oc1ccccc12. The fraction of sp³-hybridized carbons (Fsp3) is 0.0526. The van der Waals surface area contributed by atoms with Crippen molar-refractivity contribution in [2.45, 2.75) is 6.92 Å². The van der Waals surface area contributed by atoms with Gasteiger partial charge < -0.3 is 4.42 Å². The van der Waals surface area contributed by atoms with Gasteiger partial charge in [0.15, 0.2) is 0 Å². The number of para-hydroxylation sites is 2. The highest BCUT2D eigenvalue weighted by Gasteiger charge is 2.10. The number of hydrogen-bond donors (Lipinski definition) is 0. The van der Waals surface area contributed by atoms with E-state index in [1.165, 1.54) is 0 Å². The van der Waals surface area contributed by atoms with Gasteiger partial charge in [-0.05, 0) is 18.6 Å². The van der Waals surface area contributed by atoms with Crippen molar-refractivity contribution in [3.63, 3.8) is 0 Å². The molecule has 0 bridgehead atoms. The zero-order valence-electron chi connectivity index (χ0n) is 11.5. The lowest BCUT2D eigenvalue weighted by atomic mass is 10.0. The zero-order valence-corrected chi connectivity index (χ0v) is 11.5. The Kier molecular flexibility index (Phi) is 3.03. The molecule has 20 heavy (non-hydrogen) atoms. The Morgan fingerprint density at radius 2 is 1.70 bits per heavy atom. The lowest BCUT2D eigenvalue weighted by Gasteiger charge is -2.01. The summed E-state index contributed by atoms with van der Waals surface area (Å²) in [6.45, 7) is 9.96. The zero-order chi connectivity index (χ0) is 14.1. The van der Waals surface area contributed by atoms with Crippen LogP contribution < -0.4 is 0 Å². The highest BCUT2D eigenvalue weighted by molar-refractivity contribution is 6.08. The molecule has 0 aliphatic carbocycles. The molecule has 0 aliphatic rings. The van der Waals surface area contributed by atoms with Crippen LogP contribution in [0.2, 0.25) is 0 Å². The minimum absolute atomic E-state index is 0.894. The van der Waals surface area contributed by atoms with Gasteiger partial charge in [-0.15, -0.1) is 0 Å². The monoisotopic (exact) mass is 260 g/mol. The van der Waals surface area contributed by atoms with Crippen molar-refractivity contribution in [2.24, 2.45) is 0 Å². The molecule has 1 heterocycles. The summed E-state index contributed by atoms with van der Waals surface area (Å²) in [5.74, 6) is 0. The Hall–Kier alpha value is -2.54. The van der Waals surface area contributed by atoms with Gasteiger partial charge in [0.25, 0.3) is 0 Å². The minimum atomic E-state index is 0.894. The second-order valence-corrected chi connectivity index (χ2v) is 4.99. The van der Waals surface area contributed by atoms with Gasteiger partial charge in [0, 0.05) is 16.3 Å². The number of rotatable bonds is 3. The largest absolute Gasteiger partial charge is 0.455 e. The van der Waals surface area contributed by atoms with Gasteiger partial charge in [-0.3, -0.25) is 0 Å². The molecule has 0 N–H and O–H groups in total. The van der Waals surface area contributed by atoms with Crippen LogP contribution in [0.5, 0.6) is 0 Å². The van der Waals surface area contributed by atoms with Crippen molar-refractivity contribution in [1.29, 1.82) is 0 Å². The summed E-state index contributed by atoms with van der Waals surface area (Å²) in [5, 5.41) is 2.27. The molecular formula is C19H16O. The van der Waals surface area contributed by atoms with Crippen molar-refractivity contribution in [3.8, 4) is 0 Å². The van der Waals surface area contributed by atoms with Crippen LogP contribution in [0.15, 0.2) is 77.8 Å². The van der Waals surface area contributed by atoms with Gasteiger partial charge >= 0.3 is 0 Å². The van der Waals surface area contributed by atoms with E-state index in [2.05, 4.69) is 25.3 Å². The van der Waals surface area contributed by atoms with Crippen molar-refractivity contribution in [1.82, 2.24) is 0 Å². The van der Waals surface area contributed by atoms with Crippen LogP contribution in [0, 0.1) is 0 Å². The minimum Gasteiger partial charge on any atom is -0.455 e. The second kappa shape index (κ2) is 4.86. The van der Waals surface area contributed by atoms with E-state index >= 15 is 0 Å². The van der Waals surface area contributed by atoms with E-state index in [4.69, 9.17) is 4.42 Å². The van der Waals surface area contributed by atoms with Gasteiger partial charge in [0.1, 0.15) is 11.2 Å². The Labute approximate surface area is 118 Å². The van der Waals surface area contributed by atoms with E-state index in [1.54, 1.807) is 0 Å². The molecule has 1 nitrogen and oxygen atoms in total. The summed E-state index contributed by atoms with van der Waals surface area (Å²) in [6, 6.07) is 14.2. The molecular weight excluding hydrogens is 244 g/mol. The second-order valence-electron chi connectivity index (χ2n) is 4.99. The third-order valence-electron chi connectivity index (χ3n) is 3.32. The van der Waals surface area contributed by atoms with E-state index in [1.807, 2.05) is 49.4 Å². The van der Waals surface area contributed by atoms with E-state index in [-0.39, 0.29) is 0 Å². The topological polar surface area (TPSA) is 13.1 Å². The predicted octanol–water partition coefficient (Wildman–Crippen LogP) is 5.73. The molecule has 1 aromatic heterocycles. The molecule has 3 rings (SSSR count). The molecule has 0 radical (unpaired) electrons. The number of fused-ring (bicyclic) bond motifs is 3. The first-order chi connectivity index (χ1) is 9.66. The Balaban J connectivity index is 2.21. The molecule has 1 heteroatoms. The van der Waals surface area contributed by atoms with Crippen molar-refractivity contribution in [3.05, 3.63) is 78.9 Å². The molecule has 0 saturated heterocycles. The summed E-state index contributed by atoms with van der Waals surface area (Å²) < 4.78 is 5.99. The molecule has 2 aromatic carbocycles. The Morgan fingerprint density at radius 3 is 2.50 bits per heavy atom. The lowest BCUT2D eigenvalue weighted by Crippen LogP contribution is -1.80. The van der Waals surface area contributed by atoms with E-state index in [0.29, 0.717) is 0 Å². The molecule has 0 fully saturated rings. The van der Waals surface area contributed by atoms with Gasteiger partial charge in [-0.2, -0.15) is 0 Å². The van der Waals surface area contributed by atoms with Crippen LogP contribution >= 0.6 is 0 Å². The standard InChI is InChI=1S/C19H16O/c1-13(2)11-12-14(3)15-8-6-9-17-16-7-4-5-10-18(16)20-19(15)17/h4-12H,1,3H2,2H3. The van der Waals surface area contributed by atoms with Gasteiger partial charge in [-0.1, -0.05) is 67.3 Å². The maximum absolute atomic E-state index is 5.99. The van der Waals surface area contributed by atoms with Gasteiger partial charge in [0.05, 0.1) is 0 Å². The van der Waals surface area contributed by atoms with Crippen LogP contribution in [0.3, 0.4) is 0 Å². The normalized spacial score (nSPS) is 11.4. The number of furan rings is 1. The van der Waals surface area contributed by atoms with Crippen LogP contribution in [0.25, 0.3) is 27.5 Å². The van der Waals surface area contributed by atoms with Crippen LogP contribution in [0.4, 0.5) is 0 Å². The summed E-state index contributed by atoms with van der Waals surface area (Å²) >= 11 is 0. The molecule has 0 unspecified atom stereocenters. The molecule has 0 aliphatic heterocycles. The highest BCUT2D eigenvalue weighted by Crippen LogP contribution is 2.33. The first-order valence-corrected chi connectivity index (χ1v) is 6.60. The number of allylic oxidation sites excluding steroid dienone is 4. The highest BCUT2D eigenvalue weighted by atomic mass is 16.3. The third kappa shape index (κ3) is 2.08. The van der Waals surface area contributed by atoms with Gasteiger partial charge in [0.2, 0.25) is 0 Å². The molecule has 0 spiro atoms. The molecule has 98 valence electrons. The quantitative estimate of drug-likeness (QED) is 0.548. The predicted molar refractivity (Wildman–Crippen MR) is 86.7 cm³/mol. The summed E-state index contributed by atoms with van der Waals surface area (Å²) in [7, 11) is 0. The summed E-state index contributed by atoms with van der Waals surface area (Å²) in [5.41, 5.74) is 4.76. The van der Waals surface area contributed by atoms with E-state index < -0.39 is 0 Å². The number of benzene rings is 2. The van der Waals surface area contributed by atoms with E-state index in [9.17, 15) is 0 Å². The van der Waals surface area contributed by atoms with E-state index in [0.717, 1.165) is 38.6 Å². The molecule has 0 saturated carbocycles. The van der Waals surface area contributed by atoms with Gasteiger partial charge in [-0.25, -0.2) is 0 Å². The average molecular weight is 260 g/mol. The van der Waals surface area contributed by atoms with Crippen LogP contribution in [-0.4, -0.2) is 0 Å². The maximum Gasteiger partial charge on any atom is 0.143 e. The van der Waals surface area contributed by atoms with Crippen LogP contribution in [0.1, 0.15) is 12.5 Å². The first-order valence-electron chi connectivity index (χ1n) is 6.60. The smallest absolute Gasteiger partial charge is 0.143 e. The Morgan fingerprint density at radius 1 is 0.950 bits per heavy atom. The molecule has 0 atom stereocenters. The fourth-order valence-electron chi connectivity index (χ4n) is 2.33. The number of hydrogen-bond acceptors (Lipinski definition) is 1. The van der Waals surface area contributed by atoms with Crippen molar-refractivity contribution < 1.29 is 4.42 Å². The lowest BCUT2D eigenvalue weighted by molar-refractivity contribution is 0.668. The van der Waals surface area contributed by atoms with Crippen molar-refractivity contribution in [2.75, 3.05) is 0 Å². The maximum atomic E-state index is 5.99.